The van der Waals surface area contributed by atoms with Gasteiger partial charge in [-0.25, -0.2) is 0 Å². The van der Waals surface area contributed by atoms with E-state index in [9.17, 15) is 4.79 Å². The van der Waals surface area contributed by atoms with Gasteiger partial charge in [-0.05, 0) is 43.7 Å². The van der Waals surface area contributed by atoms with E-state index >= 15 is 0 Å². The molecule has 5 nitrogen and oxygen atoms in total. The molecule has 2 atom stereocenters. The third-order valence-electron chi connectivity index (χ3n) is 3.24. The zero-order chi connectivity index (χ0) is 15.9. The third kappa shape index (κ3) is 4.56. The Morgan fingerprint density at radius 1 is 1.27 bits per heavy atom. The molecule has 0 fully saturated rings. The summed E-state index contributed by atoms with van der Waals surface area (Å²) in [6.07, 6.45) is 1.74. The maximum Gasteiger partial charge on any atom is 0.237 e. The summed E-state index contributed by atoms with van der Waals surface area (Å²) in [6.45, 7) is 3.98. The number of carbonyl (C=O) groups is 1. The molecule has 1 aromatic heterocycles. The predicted molar refractivity (Wildman–Crippen MR) is 85.2 cm³/mol. The molecule has 0 aliphatic rings. The van der Waals surface area contributed by atoms with Crippen molar-refractivity contribution >= 4 is 5.91 Å². The van der Waals surface area contributed by atoms with E-state index in [2.05, 4.69) is 10.3 Å². The molecule has 0 saturated heterocycles. The van der Waals surface area contributed by atoms with Crippen molar-refractivity contribution in [2.45, 2.75) is 32.5 Å². The zero-order valence-corrected chi connectivity index (χ0v) is 12.8. The molecule has 3 N–H and O–H groups in total. The fourth-order valence-electron chi connectivity index (χ4n) is 1.94. The van der Waals surface area contributed by atoms with Crippen LogP contribution in [-0.2, 0) is 11.4 Å². The van der Waals surface area contributed by atoms with Gasteiger partial charge in [0.1, 0.15) is 12.4 Å². The molecule has 0 saturated carbocycles. The zero-order valence-electron chi connectivity index (χ0n) is 12.8. The Labute approximate surface area is 130 Å². The number of amides is 1. The van der Waals surface area contributed by atoms with Crippen molar-refractivity contribution in [1.82, 2.24) is 10.3 Å². The summed E-state index contributed by atoms with van der Waals surface area (Å²) in [5.41, 5.74) is 7.39. The number of hydrogen-bond donors (Lipinski definition) is 2. The van der Waals surface area contributed by atoms with Gasteiger partial charge in [-0.1, -0.05) is 18.2 Å². The highest BCUT2D eigenvalue weighted by molar-refractivity contribution is 5.81. The number of nitrogens with two attached hydrogens (primary N) is 1. The number of pyridine rings is 1. The van der Waals surface area contributed by atoms with Crippen molar-refractivity contribution in [2.75, 3.05) is 0 Å². The molecule has 1 aromatic carbocycles. The molecule has 2 rings (SSSR count). The van der Waals surface area contributed by atoms with Crippen LogP contribution in [0.5, 0.6) is 5.75 Å². The first-order valence-corrected chi connectivity index (χ1v) is 7.25. The Kier molecular flexibility index (Phi) is 5.49. The Hall–Kier alpha value is -2.40. The van der Waals surface area contributed by atoms with Gasteiger partial charge in [0.2, 0.25) is 5.91 Å². The van der Waals surface area contributed by atoms with Gasteiger partial charge < -0.3 is 15.8 Å². The molecule has 1 amide bonds. The molecular weight excluding hydrogens is 278 g/mol. The van der Waals surface area contributed by atoms with Crippen molar-refractivity contribution in [2.24, 2.45) is 5.73 Å². The summed E-state index contributed by atoms with van der Waals surface area (Å²) in [7, 11) is 0. The first kappa shape index (κ1) is 16.0. The van der Waals surface area contributed by atoms with Gasteiger partial charge in [-0.2, -0.15) is 0 Å². The average Bonchev–Trinajstić information content (AvgIpc) is 2.54. The monoisotopic (exact) mass is 299 g/mol. The maximum absolute atomic E-state index is 11.6. The van der Waals surface area contributed by atoms with Crippen molar-refractivity contribution in [1.29, 1.82) is 0 Å². The summed E-state index contributed by atoms with van der Waals surface area (Å²) in [5, 5.41) is 2.86. The number of rotatable bonds is 6. The predicted octanol–water partition coefficient (Wildman–Crippen LogP) is 2.18. The quantitative estimate of drug-likeness (QED) is 0.857. The highest BCUT2D eigenvalue weighted by Crippen LogP contribution is 2.20. The van der Waals surface area contributed by atoms with Crippen molar-refractivity contribution in [3.63, 3.8) is 0 Å². The minimum absolute atomic E-state index is 0.128. The van der Waals surface area contributed by atoms with Gasteiger partial charge in [0, 0.05) is 6.20 Å². The van der Waals surface area contributed by atoms with Crippen LogP contribution in [0.15, 0.2) is 48.7 Å². The Morgan fingerprint density at radius 3 is 2.77 bits per heavy atom. The van der Waals surface area contributed by atoms with Crippen LogP contribution >= 0.6 is 0 Å². The minimum Gasteiger partial charge on any atom is -0.487 e. The fourth-order valence-corrected chi connectivity index (χ4v) is 1.94. The summed E-state index contributed by atoms with van der Waals surface area (Å²) in [5.74, 6) is 0.567. The summed E-state index contributed by atoms with van der Waals surface area (Å²) in [4.78, 5) is 15.9. The first-order valence-electron chi connectivity index (χ1n) is 7.25. The van der Waals surface area contributed by atoms with Crippen LogP contribution in [0.2, 0.25) is 0 Å². The topological polar surface area (TPSA) is 77.2 Å². The number of ether oxygens (including phenoxy) is 1. The molecule has 0 aliphatic carbocycles. The van der Waals surface area contributed by atoms with Crippen LogP contribution in [0.1, 0.15) is 31.1 Å². The van der Waals surface area contributed by atoms with E-state index < -0.39 is 6.04 Å². The van der Waals surface area contributed by atoms with Gasteiger partial charge in [-0.15, -0.1) is 0 Å². The number of nitrogens with zero attached hydrogens (tertiary/aromatic N) is 1. The molecule has 0 radical (unpaired) electrons. The second kappa shape index (κ2) is 7.56. The van der Waals surface area contributed by atoms with Crippen LogP contribution in [0.4, 0.5) is 0 Å². The maximum atomic E-state index is 11.6. The Morgan fingerprint density at radius 2 is 2.09 bits per heavy atom. The molecule has 116 valence electrons. The summed E-state index contributed by atoms with van der Waals surface area (Å²) in [6, 6.07) is 12.7. The number of carbonyl (C=O) groups excluding carboxylic acids is 1. The molecule has 1 heterocycles. The van der Waals surface area contributed by atoms with E-state index in [1.165, 1.54) is 0 Å². The van der Waals surface area contributed by atoms with E-state index in [4.69, 9.17) is 10.5 Å². The lowest BCUT2D eigenvalue weighted by atomic mass is 10.1. The van der Waals surface area contributed by atoms with Gasteiger partial charge in [0.05, 0.1) is 17.8 Å². The fraction of sp³-hybridized carbons (Fsp3) is 0.294. The van der Waals surface area contributed by atoms with E-state index in [0.29, 0.717) is 6.61 Å². The largest absolute Gasteiger partial charge is 0.487 e. The molecule has 1 unspecified atom stereocenters. The second-order valence-corrected chi connectivity index (χ2v) is 5.20. The number of aromatic nitrogens is 1. The number of nitrogens with one attached hydrogen (secondary N) is 1. The van der Waals surface area contributed by atoms with E-state index in [1.54, 1.807) is 13.1 Å². The summed E-state index contributed by atoms with van der Waals surface area (Å²) < 4.78 is 5.74. The normalized spacial score (nSPS) is 13.2. The highest BCUT2D eigenvalue weighted by Gasteiger charge is 2.13. The van der Waals surface area contributed by atoms with E-state index in [1.807, 2.05) is 49.4 Å². The SMILES string of the molecule is CC(NC(=O)[C@@H](C)N)c1cccc(OCc2ccccn2)c1. The molecule has 0 bridgehead atoms. The van der Waals surface area contributed by atoms with Gasteiger partial charge >= 0.3 is 0 Å². The standard InChI is InChI=1S/C17H21N3O2/c1-12(18)17(21)20-13(2)14-6-5-8-16(10-14)22-11-15-7-3-4-9-19-15/h3-10,12-13H,11,18H2,1-2H3,(H,20,21)/t12-,13?/m1/s1. The van der Waals surface area contributed by atoms with Crippen LogP contribution < -0.4 is 15.8 Å². The smallest absolute Gasteiger partial charge is 0.237 e. The molecule has 0 aliphatic heterocycles. The van der Waals surface area contributed by atoms with Crippen LogP contribution in [0, 0.1) is 0 Å². The molecular formula is C17H21N3O2. The first-order chi connectivity index (χ1) is 10.6. The van der Waals surface area contributed by atoms with Crippen LogP contribution in [-0.4, -0.2) is 16.9 Å². The van der Waals surface area contributed by atoms with Crippen molar-refractivity contribution in [3.8, 4) is 5.75 Å². The third-order valence-corrected chi connectivity index (χ3v) is 3.24. The highest BCUT2D eigenvalue weighted by atomic mass is 16.5. The van der Waals surface area contributed by atoms with Crippen molar-refractivity contribution < 1.29 is 9.53 Å². The lowest BCUT2D eigenvalue weighted by molar-refractivity contribution is -0.122. The van der Waals surface area contributed by atoms with E-state index in [-0.39, 0.29) is 11.9 Å². The molecule has 0 spiro atoms. The van der Waals surface area contributed by atoms with Crippen LogP contribution in [0.25, 0.3) is 0 Å². The molecule has 5 heteroatoms. The molecule has 22 heavy (non-hydrogen) atoms. The average molecular weight is 299 g/mol. The minimum atomic E-state index is -0.522. The van der Waals surface area contributed by atoms with Crippen molar-refractivity contribution in [3.05, 3.63) is 59.9 Å². The lowest BCUT2D eigenvalue weighted by Crippen LogP contribution is -2.39. The van der Waals surface area contributed by atoms with Crippen LogP contribution in [0.3, 0.4) is 0 Å². The Bertz CT molecular complexity index is 614. The van der Waals surface area contributed by atoms with Gasteiger partial charge in [0.25, 0.3) is 0 Å². The Balaban J connectivity index is 1.99. The summed E-state index contributed by atoms with van der Waals surface area (Å²) >= 11 is 0. The molecule has 2 aromatic rings. The van der Waals surface area contributed by atoms with Gasteiger partial charge in [0.15, 0.2) is 0 Å². The van der Waals surface area contributed by atoms with E-state index in [0.717, 1.165) is 17.0 Å². The van der Waals surface area contributed by atoms with Gasteiger partial charge in [-0.3, -0.25) is 9.78 Å². The second-order valence-electron chi connectivity index (χ2n) is 5.20. The number of benzene rings is 1. The lowest BCUT2D eigenvalue weighted by Gasteiger charge is -2.17. The number of hydrogen-bond acceptors (Lipinski definition) is 4.